The van der Waals surface area contributed by atoms with Gasteiger partial charge in [-0.05, 0) is 29.8 Å². The van der Waals surface area contributed by atoms with Gasteiger partial charge in [-0.25, -0.2) is 13.1 Å². The summed E-state index contributed by atoms with van der Waals surface area (Å²) in [5, 5.41) is 3.11. The fourth-order valence-corrected chi connectivity index (χ4v) is 4.43. The van der Waals surface area contributed by atoms with Gasteiger partial charge in [0, 0.05) is 12.1 Å². The van der Waals surface area contributed by atoms with Crippen molar-refractivity contribution < 1.29 is 22.8 Å². The van der Waals surface area contributed by atoms with Crippen LogP contribution in [0.3, 0.4) is 0 Å². The largest absolute Gasteiger partial charge is 0.370 e. The Labute approximate surface area is 172 Å². The fourth-order valence-electron chi connectivity index (χ4n) is 3.39. The third-order valence-corrected chi connectivity index (χ3v) is 6.52. The van der Waals surface area contributed by atoms with E-state index in [0.717, 1.165) is 38.4 Å². The van der Waals surface area contributed by atoms with Crippen molar-refractivity contribution in [3.63, 3.8) is 0 Å². The molecule has 0 aromatic heterocycles. The molecule has 29 heavy (non-hydrogen) atoms. The average molecular weight is 419 g/mol. The van der Waals surface area contributed by atoms with Crippen molar-refractivity contribution in [2.24, 2.45) is 0 Å². The number of amides is 1. The summed E-state index contributed by atoms with van der Waals surface area (Å²) in [6, 6.07) is 15.8. The summed E-state index contributed by atoms with van der Waals surface area (Å²) < 4.78 is 32.0. The van der Waals surface area contributed by atoms with E-state index in [1.165, 1.54) is 17.0 Å². The normalized spacial score (nSPS) is 16.3. The highest BCUT2D eigenvalue weighted by Crippen LogP contribution is 2.14. The van der Waals surface area contributed by atoms with Crippen LogP contribution in [0.1, 0.15) is 28.9 Å². The number of ether oxygens (including phenoxy) is 1. The zero-order valence-electron chi connectivity index (χ0n) is 16.6. The Bertz CT molecular complexity index is 895. The molecule has 1 saturated heterocycles. The summed E-state index contributed by atoms with van der Waals surface area (Å²) in [6.07, 6.45) is 0. The van der Waals surface area contributed by atoms with Crippen LogP contribution in [0.25, 0.3) is 0 Å². The van der Waals surface area contributed by atoms with Gasteiger partial charge in [-0.15, -0.1) is 0 Å². The van der Waals surface area contributed by atoms with Crippen molar-refractivity contribution in [1.29, 1.82) is 0 Å². The van der Waals surface area contributed by atoms with Crippen molar-refractivity contribution in [3.05, 3.63) is 65.7 Å². The van der Waals surface area contributed by atoms with Crippen molar-refractivity contribution >= 4 is 15.9 Å². The van der Waals surface area contributed by atoms with Gasteiger partial charge in [0.15, 0.2) is 0 Å². The topological polar surface area (TPSA) is 88.9 Å². The fraction of sp³-hybridized carbons (Fsp3) is 0.381. The monoisotopic (exact) mass is 418 g/mol. The van der Waals surface area contributed by atoms with Crippen molar-refractivity contribution in [2.75, 3.05) is 39.4 Å². The van der Waals surface area contributed by atoms with Crippen LogP contribution in [-0.2, 0) is 14.8 Å². The highest BCUT2D eigenvalue weighted by atomic mass is 32.2. The van der Waals surface area contributed by atoms with Crippen molar-refractivity contribution in [2.45, 2.75) is 17.9 Å². The van der Waals surface area contributed by atoms with E-state index in [1.807, 2.05) is 30.3 Å². The van der Waals surface area contributed by atoms with Crippen LogP contribution in [0.5, 0.6) is 0 Å². The van der Waals surface area contributed by atoms with Crippen molar-refractivity contribution in [1.82, 2.24) is 10.0 Å². The molecule has 1 atom stereocenters. The molecule has 3 N–H and O–H groups in total. The summed E-state index contributed by atoms with van der Waals surface area (Å²) in [4.78, 5) is 14.4. The second kappa shape index (κ2) is 9.98. The maximum Gasteiger partial charge on any atom is 0.251 e. The Morgan fingerprint density at radius 2 is 1.72 bits per heavy atom. The zero-order valence-corrected chi connectivity index (χ0v) is 17.4. The van der Waals surface area contributed by atoms with E-state index in [4.69, 9.17) is 4.74 Å². The number of sulfonamides is 1. The summed E-state index contributed by atoms with van der Waals surface area (Å²) in [6.45, 7) is 6.09. The molecule has 3 rings (SSSR count). The lowest BCUT2D eigenvalue weighted by molar-refractivity contribution is -0.909. The first-order valence-corrected chi connectivity index (χ1v) is 11.3. The number of morpholine rings is 1. The molecule has 0 aliphatic carbocycles. The first-order chi connectivity index (χ1) is 14.0. The number of carbonyl (C=O) groups is 1. The van der Waals surface area contributed by atoms with Gasteiger partial charge in [0.05, 0.1) is 18.1 Å². The van der Waals surface area contributed by atoms with E-state index < -0.39 is 10.0 Å². The number of nitrogens with one attached hydrogen (secondary N) is 3. The minimum absolute atomic E-state index is 0.137. The first-order valence-electron chi connectivity index (χ1n) is 9.86. The van der Waals surface area contributed by atoms with Gasteiger partial charge in [0.25, 0.3) is 5.91 Å². The van der Waals surface area contributed by atoms with E-state index >= 15 is 0 Å². The molecular weight excluding hydrogens is 390 g/mol. The van der Waals surface area contributed by atoms with Gasteiger partial charge in [0.2, 0.25) is 10.0 Å². The van der Waals surface area contributed by atoms with Crippen LogP contribution in [0.4, 0.5) is 0 Å². The molecule has 1 heterocycles. The molecule has 0 saturated carbocycles. The molecule has 1 aliphatic rings. The lowest BCUT2D eigenvalue weighted by Crippen LogP contribution is -3.14. The third-order valence-electron chi connectivity index (χ3n) is 4.96. The molecule has 0 unspecified atom stereocenters. The Morgan fingerprint density at radius 1 is 1.07 bits per heavy atom. The molecule has 8 heteroatoms. The Kier molecular flexibility index (Phi) is 7.38. The van der Waals surface area contributed by atoms with E-state index in [0.29, 0.717) is 12.1 Å². The van der Waals surface area contributed by atoms with Gasteiger partial charge >= 0.3 is 0 Å². The highest BCUT2D eigenvalue weighted by Gasteiger charge is 2.23. The van der Waals surface area contributed by atoms with Gasteiger partial charge in [-0.1, -0.05) is 37.3 Å². The van der Waals surface area contributed by atoms with Gasteiger partial charge in [0.1, 0.15) is 25.7 Å². The smallest absolute Gasteiger partial charge is 0.251 e. The maximum absolute atomic E-state index is 12.8. The molecular formula is C21H28N3O4S+. The minimum atomic E-state index is -3.53. The Morgan fingerprint density at radius 3 is 2.34 bits per heavy atom. The summed E-state index contributed by atoms with van der Waals surface area (Å²) in [5.74, 6) is -0.223. The average Bonchev–Trinajstić information content (AvgIpc) is 2.74. The van der Waals surface area contributed by atoms with Crippen LogP contribution in [0.2, 0.25) is 0 Å². The maximum atomic E-state index is 12.8. The highest BCUT2D eigenvalue weighted by molar-refractivity contribution is 7.89. The Hall–Kier alpha value is -2.26. The predicted molar refractivity (Wildman–Crippen MR) is 110 cm³/mol. The quantitative estimate of drug-likeness (QED) is 0.578. The lowest BCUT2D eigenvalue weighted by Gasteiger charge is -2.28. The van der Waals surface area contributed by atoms with Gasteiger partial charge in [-0.3, -0.25) is 4.79 Å². The van der Waals surface area contributed by atoms with Gasteiger partial charge in [-0.2, -0.15) is 0 Å². The lowest BCUT2D eigenvalue weighted by atomic mass is 10.1. The minimum Gasteiger partial charge on any atom is -0.370 e. The van der Waals surface area contributed by atoms with E-state index in [9.17, 15) is 13.2 Å². The number of hydrogen-bond acceptors (Lipinski definition) is 4. The van der Waals surface area contributed by atoms with Crippen LogP contribution in [-0.4, -0.2) is 53.7 Å². The molecule has 0 spiro atoms. The standard InChI is InChI=1S/C21H27N3O4S/c1-2-22-29(26,27)19-10-8-18(9-11-19)21(25)23-20(17-6-4-3-5-7-17)16-24-12-14-28-15-13-24/h3-11,20,22H,2,12-16H2,1H3,(H,23,25)/p+1/t20-/m0/s1. The number of hydrogen-bond donors (Lipinski definition) is 3. The second-order valence-electron chi connectivity index (χ2n) is 7.03. The molecule has 0 bridgehead atoms. The van der Waals surface area contributed by atoms with Crippen LogP contribution in [0, 0.1) is 0 Å². The van der Waals surface area contributed by atoms with E-state index in [2.05, 4.69) is 10.0 Å². The van der Waals surface area contributed by atoms with E-state index in [-0.39, 0.29) is 16.8 Å². The van der Waals surface area contributed by atoms with Gasteiger partial charge < -0.3 is 15.0 Å². The molecule has 1 aliphatic heterocycles. The Balaban J connectivity index is 1.73. The zero-order chi connectivity index (χ0) is 20.7. The molecule has 156 valence electrons. The molecule has 2 aromatic rings. The molecule has 1 fully saturated rings. The molecule has 2 aromatic carbocycles. The third kappa shape index (κ3) is 5.86. The second-order valence-corrected chi connectivity index (χ2v) is 8.80. The van der Waals surface area contributed by atoms with Crippen molar-refractivity contribution in [3.8, 4) is 0 Å². The SMILES string of the molecule is CCNS(=O)(=O)c1ccc(C(=O)N[C@@H](C[NH+]2CCOCC2)c2ccccc2)cc1. The number of carbonyl (C=O) groups excluding carboxylic acids is 1. The summed E-state index contributed by atoms with van der Waals surface area (Å²) in [5.41, 5.74) is 1.48. The number of rotatable bonds is 8. The molecule has 1 amide bonds. The molecule has 0 radical (unpaired) electrons. The molecule has 7 nitrogen and oxygen atoms in total. The number of quaternary nitrogens is 1. The predicted octanol–water partition coefficient (Wildman–Crippen LogP) is 0.371. The van der Waals surface area contributed by atoms with Crippen LogP contribution >= 0.6 is 0 Å². The van der Waals surface area contributed by atoms with Crippen LogP contribution < -0.4 is 14.9 Å². The van der Waals surface area contributed by atoms with Crippen LogP contribution in [0.15, 0.2) is 59.5 Å². The summed E-state index contributed by atoms with van der Waals surface area (Å²) >= 11 is 0. The van der Waals surface area contributed by atoms with E-state index in [1.54, 1.807) is 19.1 Å². The first kappa shape index (κ1) is 21.4. The summed E-state index contributed by atoms with van der Waals surface area (Å²) in [7, 11) is -3.53. The number of benzene rings is 2.